The summed E-state index contributed by atoms with van der Waals surface area (Å²) in [4.78, 5) is 23.4. The Bertz CT molecular complexity index is 757. The maximum atomic E-state index is 12.3. The number of hydrogen-bond donors (Lipinski definition) is 2. The SMILES string of the molecule is COCCOc1cccc(CNC(=O)c2cc(C)cc(C(=O)O)c2)c1. The highest BCUT2D eigenvalue weighted by atomic mass is 16.5. The number of amides is 1. The van der Waals surface area contributed by atoms with Crippen molar-refractivity contribution >= 4 is 11.9 Å². The Morgan fingerprint density at radius 1 is 1.08 bits per heavy atom. The van der Waals surface area contributed by atoms with Crippen LogP contribution in [0.15, 0.2) is 42.5 Å². The van der Waals surface area contributed by atoms with Crippen LogP contribution in [0.2, 0.25) is 0 Å². The van der Waals surface area contributed by atoms with Crippen molar-refractivity contribution in [2.24, 2.45) is 0 Å². The number of aromatic carboxylic acids is 1. The van der Waals surface area contributed by atoms with Crippen molar-refractivity contribution in [2.45, 2.75) is 13.5 Å². The van der Waals surface area contributed by atoms with Crippen molar-refractivity contribution in [3.63, 3.8) is 0 Å². The first-order chi connectivity index (χ1) is 12.0. The molecule has 0 aliphatic heterocycles. The van der Waals surface area contributed by atoms with E-state index in [1.54, 1.807) is 20.1 Å². The first-order valence-corrected chi connectivity index (χ1v) is 7.83. The maximum absolute atomic E-state index is 12.3. The van der Waals surface area contributed by atoms with E-state index >= 15 is 0 Å². The van der Waals surface area contributed by atoms with Gasteiger partial charge in [0.05, 0.1) is 12.2 Å². The molecule has 0 spiro atoms. The molecule has 0 aliphatic rings. The highest BCUT2D eigenvalue weighted by molar-refractivity contribution is 5.97. The molecule has 0 fully saturated rings. The highest BCUT2D eigenvalue weighted by Crippen LogP contribution is 2.14. The second-order valence-corrected chi connectivity index (χ2v) is 5.56. The molecule has 2 rings (SSSR count). The Labute approximate surface area is 146 Å². The quantitative estimate of drug-likeness (QED) is 0.720. The summed E-state index contributed by atoms with van der Waals surface area (Å²) in [6, 6.07) is 12.0. The van der Waals surface area contributed by atoms with Crippen LogP contribution >= 0.6 is 0 Å². The predicted molar refractivity (Wildman–Crippen MR) is 93.1 cm³/mol. The number of carboxylic acids is 1. The largest absolute Gasteiger partial charge is 0.491 e. The lowest BCUT2D eigenvalue weighted by Gasteiger charge is -2.09. The Morgan fingerprint density at radius 3 is 2.56 bits per heavy atom. The molecule has 0 saturated heterocycles. The maximum Gasteiger partial charge on any atom is 0.335 e. The van der Waals surface area contributed by atoms with E-state index in [4.69, 9.17) is 14.6 Å². The molecule has 0 aromatic heterocycles. The van der Waals surface area contributed by atoms with Crippen molar-refractivity contribution in [3.05, 3.63) is 64.7 Å². The third kappa shape index (κ3) is 5.61. The fraction of sp³-hybridized carbons (Fsp3) is 0.263. The summed E-state index contributed by atoms with van der Waals surface area (Å²) in [5.74, 6) is -0.678. The molecule has 0 bridgehead atoms. The number of hydrogen-bond acceptors (Lipinski definition) is 4. The number of methoxy groups -OCH3 is 1. The zero-order valence-electron chi connectivity index (χ0n) is 14.2. The van der Waals surface area contributed by atoms with Gasteiger partial charge in [-0.05, 0) is 48.4 Å². The van der Waals surface area contributed by atoms with Crippen LogP contribution in [-0.2, 0) is 11.3 Å². The predicted octanol–water partition coefficient (Wildman–Crippen LogP) is 2.65. The third-order valence-corrected chi connectivity index (χ3v) is 3.49. The molecular formula is C19H21NO5. The van der Waals surface area contributed by atoms with Crippen LogP contribution in [0.3, 0.4) is 0 Å². The van der Waals surface area contributed by atoms with Crippen LogP contribution in [0, 0.1) is 6.92 Å². The van der Waals surface area contributed by atoms with E-state index < -0.39 is 5.97 Å². The summed E-state index contributed by atoms with van der Waals surface area (Å²) in [6.07, 6.45) is 0. The third-order valence-electron chi connectivity index (χ3n) is 3.49. The summed E-state index contributed by atoms with van der Waals surface area (Å²) in [7, 11) is 1.61. The van der Waals surface area contributed by atoms with Gasteiger partial charge in [-0.25, -0.2) is 4.79 Å². The van der Waals surface area contributed by atoms with E-state index in [0.717, 1.165) is 11.1 Å². The van der Waals surface area contributed by atoms with Gasteiger partial charge in [0, 0.05) is 19.2 Å². The number of carbonyl (C=O) groups excluding carboxylic acids is 1. The molecule has 6 nitrogen and oxygen atoms in total. The molecule has 0 saturated carbocycles. The van der Waals surface area contributed by atoms with Gasteiger partial charge in [0.25, 0.3) is 5.91 Å². The Hall–Kier alpha value is -2.86. The van der Waals surface area contributed by atoms with Gasteiger partial charge in [-0.2, -0.15) is 0 Å². The molecule has 0 unspecified atom stereocenters. The van der Waals surface area contributed by atoms with Gasteiger partial charge in [0.1, 0.15) is 12.4 Å². The van der Waals surface area contributed by atoms with Gasteiger partial charge in [0.2, 0.25) is 0 Å². The Balaban J connectivity index is 2.00. The van der Waals surface area contributed by atoms with Crippen LogP contribution in [0.5, 0.6) is 5.75 Å². The van der Waals surface area contributed by atoms with Gasteiger partial charge < -0.3 is 19.9 Å². The van der Waals surface area contributed by atoms with Crippen molar-refractivity contribution in [3.8, 4) is 5.75 Å². The number of ether oxygens (including phenoxy) is 2. The smallest absolute Gasteiger partial charge is 0.335 e. The lowest BCUT2D eigenvalue weighted by Crippen LogP contribution is -2.23. The molecule has 2 aromatic carbocycles. The van der Waals surface area contributed by atoms with E-state index in [2.05, 4.69) is 5.32 Å². The first kappa shape index (κ1) is 18.5. The molecule has 0 radical (unpaired) electrons. The van der Waals surface area contributed by atoms with E-state index in [1.807, 2.05) is 24.3 Å². The summed E-state index contributed by atoms with van der Waals surface area (Å²) in [5, 5.41) is 11.9. The monoisotopic (exact) mass is 343 g/mol. The van der Waals surface area contributed by atoms with Crippen LogP contribution in [0.4, 0.5) is 0 Å². The van der Waals surface area contributed by atoms with Gasteiger partial charge in [-0.15, -0.1) is 0 Å². The lowest BCUT2D eigenvalue weighted by molar-refractivity contribution is 0.0696. The van der Waals surface area contributed by atoms with E-state index in [1.165, 1.54) is 12.1 Å². The molecule has 132 valence electrons. The number of benzene rings is 2. The number of nitrogens with one attached hydrogen (secondary N) is 1. The molecule has 2 N–H and O–H groups in total. The van der Waals surface area contributed by atoms with Gasteiger partial charge in [-0.1, -0.05) is 12.1 Å². The average Bonchev–Trinajstić information content (AvgIpc) is 2.59. The Kier molecular flexibility index (Phi) is 6.54. The van der Waals surface area contributed by atoms with Crippen molar-refractivity contribution in [2.75, 3.05) is 20.3 Å². The van der Waals surface area contributed by atoms with Gasteiger partial charge >= 0.3 is 5.97 Å². The average molecular weight is 343 g/mol. The van der Waals surface area contributed by atoms with Crippen LogP contribution in [-0.4, -0.2) is 37.3 Å². The summed E-state index contributed by atoms with van der Waals surface area (Å²) >= 11 is 0. The van der Waals surface area contributed by atoms with Gasteiger partial charge in [0.15, 0.2) is 0 Å². The topological polar surface area (TPSA) is 84.9 Å². The standard InChI is InChI=1S/C19H21NO5/c1-13-8-15(11-16(9-13)19(22)23)18(21)20-12-14-4-3-5-17(10-14)25-7-6-24-2/h3-5,8-11H,6-7,12H2,1-2H3,(H,20,21)(H,22,23). The summed E-state index contributed by atoms with van der Waals surface area (Å²) in [6.45, 7) is 3.02. The number of carbonyl (C=O) groups is 2. The second kappa shape index (κ2) is 8.84. The van der Waals surface area contributed by atoms with Crippen molar-refractivity contribution in [1.29, 1.82) is 0 Å². The van der Waals surface area contributed by atoms with E-state index in [0.29, 0.717) is 31.1 Å². The number of aryl methyl sites for hydroxylation is 1. The van der Waals surface area contributed by atoms with Crippen LogP contribution in [0.1, 0.15) is 31.8 Å². The molecule has 0 atom stereocenters. The fourth-order valence-electron chi connectivity index (χ4n) is 2.31. The first-order valence-electron chi connectivity index (χ1n) is 7.83. The van der Waals surface area contributed by atoms with Crippen LogP contribution < -0.4 is 10.1 Å². The Morgan fingerprint density at radius 2 is 1.84 bits per heavy atom. The molecule has 6 heteroatoms. The summed E-state index contributed by atoms with van der Waals surface area (Å²) in [5.41, 5.74) is 2.02. The molecule has 0 aliphatic carbocycles. The van der Waals surface area contributed by atoms with E-state index in [-0.39, 0.29) is 11.5 Å². The fourth-order valence-corrected chi connectivity index (χ4v) is 2.31. The number of rotatable bonds is 8. The zero-order valence-corrected chi connectivity index (χ0v) is 14.2. The molecule has 0 heterocycles. The molecular weight excluding hydrogens is 322 g/mol. The minimum absolute atomic E-state index is 0.0960. The molecule has 2 aromatic rings. The number of carboxylic acid groups (broad SMARTS) is 1. The van der Waals surface area contributed by atoms with E-state index in [9.17, 15) is 9.59 Å². The molecule has 25 heavy (non-hydrogen) atoms. The summed E-state index contributed by atoms with van der Waals surface area (Å²) < 4.78 is 10.5. The lowest BCUT2D eigenvalue weighted by atomic mass is 10.1. The zero-order chi connectivity index (χ0) is 18.2. The molecule has 1 amide bonds. The minimum atomic E-state index is -1.06. The van der Waals surface area contributed by atoms with Crippen LogP contribution in [0.25, 0.3) is 0 Å². The van der Waals surface area contributed by atoms with Crippen molar-refractivity contribution in [1.82, 2.24) is 5.32 Å². The second-order valence-electron chi connectivity index (χ2n) is 5.56. The minimum Gasteiger partial charge on any atom is -0.491 e. The van der Waals surface area contributed by atoms with Crippen molar-refractivity contribution < 1.29 is 24.2 Å². The van der Waals surface area contributed by atoms with Gasteiger partial charge in [-0.3, -0.25) is 4.79 Å². The highest BCUT2D eigenvalue weighted by Gasteiger charge is 2.11. The normalized spacial score (nSPS) is 10.3.